The summed E-state index contributed by atoms with van der Waals surface area (Å²) in [6.07, 6.45) is 5.65. The zero-order chi connectivity index (χ0) is 19.3. The van der Waals surface area contributed by atoms with E-state index in [4.69, 9.17) is 16.3 Å². The smallest absolute Gasteiger partial charge is 0.257 e. The molecule has 2 heterocycles. The van der Waals surface area contributed by atoms with E-state index in [0.717, 1.165) is 29.2 Å². The van der Waals surface area contributed by atoms with Gasteiger partial charge < -0.3 is 15.4 Å². The average Bonchev–Trinajstić information content (AvgIpc) is 3.02. The number of fused-ring (bicyclic) bond motifs is 1. The highest BCUT2D eigenvalue weighted by molar-refractivity contribution is 6.34. The summed E-state index contributed by atoms with van der Waals surface area (Å²) in [6, 6.07) is 13.1. The van der Waals surface area contributed by atoms with E-state index in [2.05, 4.69) is 15.5 Å². The number of carbonyl (C=O) groups excluding carboxylic acids is 1. The lowest BCUT2D eigenvalue weighted by molar-refractivity contribution is -0.110. The molecule has 2 N–H and O–H groups in total. The summed E-state index contributed by atoms with van der Waals surface area (Å²) in [5, 5.41) is 6.63. The highest BCUT2D eigenvalue weighted by atomic mass is 35.5. The number of nitrogens with zero attached hydrogens (tertiary/aromatic N) is 1. The molecular formula is C22H24ClN3O2. The largest absolute Gasteiger partial charge is 0.492 e. The molecule has 0 bridgehead atoms. The van der Waals surface area contributed by atoms with Gasteiger partial charge in [0, 0.05) is 34.7 Å². The van der Waals surface area contributed by atoms with Gasteiger partial charge in [-0.15, -0.1) is 0 Å². The van der Waals surface area contributed by atoms with Crippen LogP contribution in [-0.4, -0.2) is 37.0 Å². The van der Waals surface area contributed by atoms with E-state index in [1.165, 1.54) is 32.4 Å². The Balaban J connectivity index is 1.33. The number of likely N-dealkylation sites (tertiary alicyclic amines) is 1. The molecule has 1 fully saturated rings. The van der Waals surface area contributed by atoms with Crippen LogP contribution in [0.3, 0.4) is 0 Å². The van der Waals surface area contributed by atoms with Crippen molar-refractivity contribution in [2.75, 3.05) is 36.9 Å². The van der Waals surface area contributed by atoms with E-state index in [1.54, 1.807) is 18.3 Å². The second-order valence-corrected chi connectivity index (χ2v) is 7.56. The lowest BCUT2D eigenvalue weighted by Gasteiger charge is -2.26. The zero-order valence-electron chi connectivity index (χ0n) is 15.7. The maximum atomic E-state index is 12.2. The van der Waals surface area contributed by atoms with Crippen LogP contribution >= 0.6 is 11.6 Å². The molecule has 2 aliphatic rings. The molecule has 2 aliphatic heterocycles. The first-order chi connectivity index (χ1) is 13.7. The van der Waals surface area contributed by atoms with Crippen molar-refractivity contribution in [2.45, 2.75) is 19.3 Å². The van der Waals surface area contributed by atoms with Crippen molar-refractivity contribution in [3.63, 3.8) is 0 Å². The summed E-state index contributed by atoms with van der Waals surface area (Å²) in [5.74, 6) is 0.716. The molecule has 146 valence electrons. The fourth-order valence-corrected chi connectivity index (χ4v) is 3.75. The molecular weight excluding hydrogens is 374 g/mol. The molecule has 6 heteroatoms. The molecule has 5 nitrogen and oxygen atoms in total. The van der Waals surface area contributed by atoms with Crippen molar-refractivity contribution in [2.24, 2.45) is 0 Å². The predicted molar refractivity (Wildman–Crippen MR) is 114 cm³/mol. The summed E-state index contributed by atoms with van der Waals surface area (Å²) in [5.41, 5.74) is 3.04. The van der Waals surface area contributed by atoms with Gasteiger partial charge in [-0.1, -0.05) is 18.0 Å². The molecule has 0 radical (unpaired) electrons. The molecule has 1 amide bonds. The fraction of sp³-hybridized carbons (Fsp3) is 0.318. The van der Waals surface area contributed by atoms with Gasteiger partial charge in [0.25, 0.3) is 5.91 Å². The number of nitrogens with one attached hydrogen (secondary N) is 2. The second-order valence-electron chi connectivity index (χ2n) is 7.12. The third kappa shape index (κ3) is 4.49. The van der Waals surface area contributed by atoms with Crippen molar-refractivity contribution >= 4 is 34.5 Å². The Hall–Kier alpha value is -2.50. The number of hydrogen-bond acceptors (Lipinski definition) is 4. The molecule has 0 aromatic heterocycles. The van der Waals surface area contributed by atoms with Gasteiger partial charge >= 0.3 is 0 Å². The molecule has 28 heavy (non-hydrogen) atoms. The Morgan fingerprint density at radius 3 is 2.68 bits per heavy atom. The van der Waals surface area contributed by atoms with Gasteiger partial charge in [-0.25, -0.2) is 0 Å². The Labute approximate surface area is 170 Å². The van der Waals surface area contributed by atoms with Crippen LogP contribution in [-0.2, 0) is 4.79 Å². The lowest BCUT2D eigenvalue weighted by atomic mass is 10.1. The Bertz CT molecular complexity index is 874. The third-order valence-corrected chi connectivity index (χ3v) is 5.36. The van der Waals surface area contributed by atoms with Gasteiger partial charge in [0.05, 0.1) is 5.57 Å². The number of rotatable bonds is 6. The van der Waals surface area contributed by atoms with Crippen molar-refractivity contribution in [3.05, 3.63) is 59.3 Å². The first kappa shape index (κ1) is 18.8. The van der Waals surface area contributed by atoms with Gasteiger partial charge in [-0.3, -0.25) is 9.69 Å². The topological polar surface area (TPSA) is 53.6 Å². The predicted octanol–water partition coefficient (Wildman–Crippen LogP) is 4.61. The van der Waals surface area contributed by atoms with E-state index in [-0.39, 0.29) is 5.91 Å². The molecule has 0 unspecified atom stereocenters. The number of halogens is 1. The monoisotopic (exact) mass is 397 g/mol. The van der Waals surface area contributed by atoms with Crippen LogP contribution in [0.25, 0.3) is 5.57 Å². The summed E-state index contributed by atoms with van der Waals surface area (Å²) in [7, 11) is 0. The van der Waals surface area contributed by atoms with E-state index in [1.807, 2.05) is 30.3 Å². The number of hydrogen-bond donors (Lipinski definition) is 2. The first-order valence-corrected chi connectivity index (χ1v) is 10.1. The van der Waals surface area contributed by atoms with Crippen LogP contribution in [0.1, 0.15) is 24.8 Å². The van der Waals surface area contributed by atoms with Crippen LogP contribution in [0.5, 0.6) is 5.75 Å². The van der Waals surface area contributed by atoms with E-state index in [0.29, 0.717) is 17.2 Å². The van der Waals surface area contributed by atoms with E-state index < -0.39 is 0 Å². The summed E-state index contributed by atoms with van der Waals surface area (Å²) >= 11 is 6.06. The Morgan fingerprint density at radius 1 is 1.11 bits per heavy atom. The second kappa shape index (κ2) is 8.67. The van der Waals surface area contributed by atoms with Gasteiger partial charge in [-0.05, 0) is 68.4 Å². The summed E-state index contributed by atoms with van der Waals surface area (Å²) < 4.78 is 5.85. The molecule has 0 aliphatic carbocycles. The Morgan fingerprint density at radius 2 is 1.89 bits per heavy atom. The van der Waals surface area contributed by atoms with Crippen LogP contribution in [0, 0.1) is 0 Å². The lowest BCUT2D eigenvalue weighted by Crippen LogP contribution is -2.33. The normalized spacial score (nSPS) is 18.0. The zero-order valence-corrected chi connectivity index (χ0v) is 16.5. The highest BCUT2D eigenvalue weighted by Crippen LogP contribution is 2.33. The molecule has 4 rings (SSSR count). The number of anilines is 2. The molecule has 2 aromatic carbocycles. The highest BCUT2D eigenvalue weighted by Gasteiger charge is 2.24. The van der Waals surface area contributed by atoms with Crippen molar-refractivity contribution in [1.82, 2.24) is 4.90 Å². The quantitative estimate of drug-likeness (QED) is 0.699. The standard InChI is InChI=1S/C22H24ClN3O2/c23-16-4-9-21-19(14-16)20(22(27)25-21)15-24-17-5-7-18(8-6-17)28-13-12-26-10-2-1-3-11-26/h4-9,14-15,24H,1-3,10-13H2,(H,25,27)/b20-15+. The maximum Gasteiger partial charge on any atom is 0.257 e. The van der Waals surface area contributed by atoms with Gasteiger partial charge in [0.2, 0.25) is 0 Å². The van der Waals surface area contributed by atoms with Crippen LogP contribution in [0.4, 0.5) is 11.4 Å². The first-order valence-electron chi connectivity index (χ1n) is 9.72. The van der Waals surface area contributed by atoms with E-state index in [9.17, 15) is 4.79 Å². The summed E-state index contributed by atoms with van der Waals surface area (Å²) in [4.78, 5) is 14.6. The van der Waals surface area contributed by atoms with Gasteiger partial charge in [-0.2, -0.15) is 0 Å². The van der Waals surface area contributed by atoms with Crippen LogP contribution in [0.15, 0.2) is 48.7 Å². The van der Waals surface area contributed by atoms with Gasteiger partial charge in [0.1, 0.15) is 12.4 Å². The summed E-state index contributed by atoms with van der Waals surface area (Å²) in [6.45, 7) is 4.04. The minimum atomic E-state index is -0.137. The molecule has 0 spiro atoms. The maximum absolute atomic E-state index is 12.2. The molecule has 0 atom stereocenters. The van der Waals surface area contributed by atoms with Crippen molar-refractivity contribution < 1.29 is 9.53 Å². The number of ether oxygens (including phenoxy) is 1. The number of amides is 1. The number of piperidine rings is 1. The molecule has 1 saturated heterocycles. The SMILES string of the molecule is O=C1Nc2ccc(Cl)cc2/C1=C\Nc1ccc(OCCN2CCCCC2)cc1. The minimum absolute atomic E-state index is 0.137. The average molecular weight is 398 g/mol. The molecule has 2 aromatic rings. The van der Waals surface area contributed by atoms with Crippen molar-refractivity contribution in [3.8, 4) is 5.75 Å². The van der Waals surface area contributed by atoms with Crippen molar-refractivity contribution in [1.29, 1.82) is 0 Å². The van der Waals surface area contributed by atoms with Gasteiger partial charge in [0.15, 0.2) is 0 Å². The molecule has 0 saturated carbocycles. The Kier molecular flexibility index (Phi) is 5.84. The van der Waals surface area contributed by atoms with Crippen LogP contribution < -0.4 is 15.4 Å². The third-order valence-electron chi connectivity index (χ3n) is 5.13. The van der Waals surface area contributed by atoms with E-state index >= 15 is 0 Å². The number of benzene rings is 2. The fourth-order valence-electron chi connectivity index (χ4n) is 3.58. The minimum Gasteiger partial charge on any atom is -0.492 e. The van der Waals surface area contributed by atoms with Crippen LogP contribution in [0.2, 0.25) is 5.02 Å². The number of carbonyl (C=O) groups is 1.